The van der Waals surface area contributed by atoms with E-state index in [2.05, 4.69) is 20.6 Å². The second-order valence-corrected chi connectivity index (χ2v) is 5.17. The molecule has 5 nitrogen and oxygen atoms in total. The van der Waals surface area contributed by atoms with Gasteiger partial charge >= 0.3 is 0 Å². The fraction of sp³-hybridized carbons (Fsp3) is 0.111. The topological polar surface area (TPSA) is 59.1 Å². The Kier molecular flexibility index (Phi) is 5.21. The molecular formula is C18H15F3N4O. The van der Waals surface area contributed by atoms with Gasteiger partial charge in [0.15, 0.2) is 17.5 Å². The van der Waals surface area contributed by atoms with Crippen molar-refractivity contribution in [3.8, 4) is 5.75 Å². The highest BCUT2D eigenvalue weighted by Gasteiger charge is 2.14. The molecule has 0 fully saturated rings. The lowest BCUT2D eigenvalue weighted by molar-refractivity contribution is 0.342. The Labute approximate surface area is 147 Å². The minimum atomic E-state index is -1.55. The van der Waals surface area contributed by atoms with Gasteiger partial charge in [0.1, 0.15) is 11.6 Å². The fourth-order valence-electron chi connectivity index (χ4n) is 2.22. The van der Waals surface area contributed by atoms with Crippen molar-refractivity contribution in [1.82, 2.24) is 9.97 Å². The van der Waals surface area contributed by atoms with Crippen molar-refractivity contribution in [2.24, 2.45) is 0 Å². The Hall–Kier alpha value is -3.29. The molecule has 0 spiro atoms. The van der Waals surface area contributed by atoms with Gasteiger partial charge < -0.3 is 15.4 Å². The predicted octanol–water partition coefficient (Wildman–Crippen LogP) is 4.78. The average molecular weight is 360 g/mol. The SMILES string of the molecule is CCOc1ccccc1Nc1nccc(Nc2ccc(F)c(F)c2F)n1. The quantitative estimate of drug-likeness (QED) is 0.620. The molecule has 26 heavy (non-hydrogen) atoms. The first-order valence-electron chi connectivity index (χ1n) is 7.81. The molecule has 134 valence electrons. The fourth-order valence-corrected chi connectivity index (χ4v) is 2.22. The number of para-hydroxylation sites is 2. The Morgan fingerprint density at radius 1 is 0.923 bits per heavy atom. The number of hydrogen-bond donors (Lipinski definition) is 2. The number of ether oxygens (including phenoxy) is 1. The summed E-state index contributed by atoms with van der Waals surface area (Å²) in [6, 6.07) is 10.6. The minimum Gasteiger partial charge on any atom is -0.492 e. The molecule has 0 saturated heterocycles. The minimum absolute atomic E-state index is 0.210. The lowest BCUT2D eigenvalue weighted by atomic mass is 10.3. The van der Waals surface area contributed by atoms with E-state index in [0.29, 0.717) is 18.0 Å². The molecule has 8 heteroatoms. The number of hydrogen-bond acceptors (Lipinski definition) is 5. The molecule has 2 aromatic carbocycles. The zero-order chi connectivity index (χ0) is 18.5. The van der Waals surface area contributed by atoms with Crippen molar-refractivity contribution >= 4 is 23.1 Å². The summed E-state index contributed by atoms with van der Waals surface area (Å²) in [5.41, 5.74) is 0.425. The smallest absolute Gasteiger partial charge is 0.229 e. The second kappa shape index (κ2) is 7.73. The summed E-state index contributed by atoms with van der Waals surface area (Å²) in [5, 5.41) is 5.61. The van der Waals surface area contributed by atoms with Crippen molar-refractivity contribution in [2.75, 3.05) is 17.2 Å². The summed E-state index contributed by atoms with van der Waals surface area (Å²) < 4.78 is 45.6. The third kappa shape index (κ3) is 3.85. The van der Waals surface area contributed by atoms with Crippen LogP contribution in [0.25, 0.3) is 0 Å². The van der Waals surface area contributed by atoms with Crippen molar-refractivity contribution in [3.63, 3.8) is 0 Å². The third-order valence-electron chi connectivity index (χ3n) is 3.39. The first-order chi connectivity index (χ1) is 12.6. The van der Waals surface area contributed by atoms with E-state index in [-0.39, 0.29) is 17.5 Å². The van der Waals surface area contributed by atoms with Crippen LogP contribution in [-0.2, 0) is 0 Å². The highest BCUT2D eigenvalue weighted by molar-refractivity contribution is 5.64. The number of nitrogens with one attached hydrogen (secondary N) is 2. The molecule has 0 amide bonds. The largest absolute Gasteiger partial charge is 0.492 e. The molecule has 1 heterocycles. The third-order valence-corrected chi connectivity index (χ3v) is 3.39. The molecule has 0 radical (unpaired) electrons. The molecule has 0 atom stereocenters. The highest BCUT2D eigenvalue weighted by Crippen LogP contribution is 2.27. The lowest BCUT2D eigenvalue weighted by Gasteiger charge is -2.12. The van der Waals surface area contributed by atoms with E-state index in [9.17, 15) is 13.2 Å². The number of halogens is 3. The molecule has 0 saturated carbocycles. The van der Waals surface area contributed by atoms with Gasteiger partial charge in [-0.25, -0.2) is 18.2 Å². The van der Waals surface area contributed by atoms with E-state index in [1.807, 2.05) is 19.1 Å². The van der Waals surface area contributed by atoms with Crippen LogP contribution in [-0.4, -0.2) is 16.6 Å². The Balaban J connectivity index is 1.82. The van der Waals surface area contributed by atoms with Gasteiger partial charge in [0.05, 0.1) is 18.0 Å². The standard InChI is InChI=1S/C18H15F3N4O/c1-2-26-14-6-4-3-5-12(14)24-18-22-10-9-15(25-18)23-13-8-7-11(19)16(20)17(13)21/h3-10H,2H2,1H3,(H2,22,23,24,25). The molecule has 0 unspecified atom stereocenters. The van der Waals surface area contributed by atoms with Crippen LogP contribution in [0.5, 0.6) is 5.75 Å². The Morgan fingerprint density at radius 2 is 1.73 bits per heavy atom. The van der Waals surface area contributed by atoms with E-state index in [1.165, 1.54) is 12.3 Å². The summed E-state index contributed by atoms with van der Waals surface area (Å²) in [7, 11) is 0. The van der Waals surface area contributed by atoms with Crippen LogP contribution in [0.4, 0.5) is 36.3 Å². The van der Waals surface area contributed by atoms with Gasteiger partial charge in [-0.15, -0.1) is 0 Å². The molecule has 0 bridgehead atoms. The zero-order valence-electron chi connectivity index (χ0n) is 13.8. The number of aromatic nitrogens is 2. The first kappa shape index (κ1) is 17.5. The number of benzene rings is 2. The Morgan fingerprint density at radius 3 is 2.54 bits per heavy atom. The van der Waals surface area contributed by atoms with Crippen LogP contribution in [0.1, 0.15) is 6.92 Å². The van der Waals surface area contributed by atoms with Gasteiger partial charge in [-0.1, -0.05) is 12.1 Å². The van der Waals surface area contributed by atoms with E-state index in [0.717, 1.165) is 12.1 Å². The van der Waals surface area contributed by atoms with Gasteiger partial charge in [-0.05, 0) is 37.3 Å². The second-order valence-electron chi connectivity index (χ2n) is 5.17. The first-order valence-corrected chi connectivity index (χ1v) is 7.81. The molecule has 0 aliphatic carbocycles. The predicted molar refractivity (Wildman–Crippen MR) is 92.5 cm³/mol. The van der Waals surface area contributed by atoms with Crippen molar-refractivity contribution in [3.05, 3.63) is 66.1 Å². The zero-order valence-corrected chi connectivity index (χ0v) is 13.8. The van der Waals surface area contributed by atoms with Crippen LogP contribution >= 0.6 is 0 Å². The molecular weight excluding hydrogens is 345 g/mol. The van der Waals surface area contributed by atoms with Gasteiger partial charge in [0.25, 0.3) is 0 Å². The van der Waals surface area contributed by atoms with Gasteiger partial charge in [-0.2, -0.15) is 4.98 Å². The summed E-state index contributed by atoms with van der Waals surface area (Å²) in [6.07, 6.45) is 1.44. The summed E-state index contributed by atoms with van der Waals surface area (Å²) in [4.78, 5) is 8.27. The molecule has 1 aromatic heterocycles. The van der Waals surface area contributed by atoms with Gasteiger partial charge in [0, 0.05) is 6.20 Å². The maximum absolute atomic E-state index is 13.8. The van der Waals surface area contributed by atoms with Crippen LogP contribution < -0.4 is 15.4 Å². The average Bonchev–Trinajstić information content (AvgIpc) is 2.64. The van der Waals surface area contributed by atoms with E-state index in [1.54, 1.807) is 12.1 Å². The molecule has 3 aromatic rings. The van der Waals surface area contributed by atoms with Gasteiger partial charge in [-0.3, -0.25) is 0 Å². The lowest BCUT2D eigenvalue weighted by Crippen LogP contribution is -2.04. The number of nitrogens with zero attached hydrogens (tertiary/aromatic N) is 2. The van der Waals surface area contributed by atoms with Crippen LogP contribution in [0, 0.1) is 17.5 Å². The van der Waals surface area contributed by atoms with Crippen molar-refractivity contribution in [1.29, 1.82) is 0 Å². The summed E-state index contributed by atoms with van der Waals surface area (Å²) in [5.74, 6) is -3.06. The van der Waals surface area contributed by atoms with Crippen LogP contribution in [0.2, 0.25) is 0 Å². The summed E-state index contributed by atoms with van der Waals surface area (Å²) in [6.45, 7) is 2.37. The molecule has 0 aliphatic rings. The normalized spacial score (nSPS) is 10.5. The van der Waals surface area contributed by atoms with Crippen molar-refractivity contribution < 1.29 is 17.9 Å². The monoisotopic (exact) mass is 360 g/mol. The highest BCUT2D eigenvalue weighted by atomic mass is 19.2. The Bertz CT molecular complexity index is 921. The molecule has 0 aliphatic heterocycles. The van der Waals surface area contributed by atoms with Gasteiger partial charge in [0.2, 0.25) is 5.95 Å². The molecule has 2 N–H and O–H groups in total. The van der Waals surface area contributed by atoms with E-state index >= 15 is 0 Å². The van der Waals surface area contributed by atoms with Crippen LogP contribution in [0.15, 0.2) is 48.7 Å². The maximum atomic E-state index is 13.8. The van der Waals surface area contributed by atoms with E-state index < -0.39 is 17.5 Å². The van der Waals surface area contributed by atoms with Crippen molar-refractivity contribution in [2.45, 2.75) is 6.92 Å². The van der Waals surface area contributed by atoms with Crippen LogP contribution in [0.3, 0.4) is 0 Å². The summed E-state index contributed by atoms with van der Waals surface area (Å²) >= 11 is 0. The molecule has 3 rings (SSSR count). The number of anilines is 4. The van der Waals surface area contributed by atoms with E-state index in [4.69, 9.17) is 4.74 Å². The maximum Gasteiger partial charge on any atom is 0.229 e. The number of rotatable bonds is 6.